The fourth-order valence-corrected chi connectivity index (χ4v) is 3.70. The molecule has 0 saturated heterocycles. The molecular formula is C10H9ClN2S3. The summed E-state index contributed by atoms with van der Waals surface area (Å²) in [5.41, 5.74) is 1.21. The number of rotatable bonds is 4. The molecule has 0 amide bonds. The van der Waals surface area contributed by atoms with Crippen LogP contribution in [0.25, 0.3) is 0 Å². The van der Waals surface area contributed by atoms with Crippen molar-refractivity contribution in [1.29, 1.82) is 0 Å². The standard InChI is InChI=1S/C10H9ClN2S3/c1-14-9-12-13-10(16-9)15-6-7-3-2-4-8(11)5-7/h2-5H,6H2,1H3. The molecular weight excluding hydrogens is 280 g/mol. The minimum absolute atomic E-state index is 0.778. The molecule has 0 unspecified atom stereocenters. The number of benzene rings is 1. The Morgan fingerprint density at radius 3 is 2.81 bits per heavy atom. The van der Waals surface area contributed by atoms with Crippen molar-refractivity contribution >= 4 is 46.5 Å². The number of aromatic nitrogens is 2. The van der Waals surface area contributed by atoms with Crippen LogP contribution < -0.4 is 0 Å². The van der Waals surface area contributed by atoms with E-state index in [-0.39, 0.29) is 0 Å². The average Bonchev–Trinajstić information content (AvgIpc) is 2.74. The molecule has 0 aliphatic rings. The summed E-state index contributed by atoms with van der Waals surface area (Å²) in [6, 6.07) is 7.89. The van der Waals surface area contributed by atoms with E-state index < -0.39 is 0 Å². The zero-order valence-electron chi connectivity index (χ0n) is 8.51. The van der Waals surface area contributed by atoms with E-state index in [1.54, 1.807) is 34.9 Å². The summed E-state index contributed by atoms with van der Waals surface area (Å²) in [5, 5.41) is 8.93. The van der Waals surface area contributed by atoms with E-state index in [0.29, 0.717) is 0 Å². The second-order valence-corrected chi connectivity index (χ2v) is 6.65. The Bertz CT molecular complexity index is 473. The second-order valence-electron chi connectivity index (χ2n) is 2.96. The fraction of sp³-hybridized carbons (Fsp3) is 0.200. The van der Waals surface area contributed by atoms with Crippen molar-refractivity contribution in [3.05, 3.63) is 34.9 Å². The molecule has 6 heteroatoms. The summed E-state index contributed by atoms with van der Waals surface area (Å²) >= 11 is 10.9. The Kier molecular flexibility index (Phi) is 4.52. The van der Waals surface area contributed by atoms with Crippen molar-refractivity contribution in [2.45, 2.75) is 14.4 Å². The van der Waals surface area contributed by atoms with Crippen LogP contribution in [0.15, 0.2) is 32.9 Å². The van der Waals surface area contributed by atoms with Gasteiger partial charge in [-0.05, 0) is 24.0 Å². The van der Waals surface area contributed by atoms with Gasteiger partial charge in [-0.15, -0.1) is 10.2 Å². The molecule has 0 aliphatic heterocycles. The molecule has 0 fully saturated rings. The van der Waals surface area contributed by atoms with E-state index in [1.807, 2.05) is 24.5 Å². The smallest absolute Gasteiger partial charge is 0.131 e. The van der Waals surface area contributed by atoms with Gasteiger partial charge in [-0.3, -0.25) is 0 Å². The molecule has 0 spiro atoms. The highest BCUT2D eigenvalue weighted by Crippen LogP contribution is 2.29. The molecule has 2 nitrogen and oxygen atoms in total. The number of halogens is 1. The van der Waals surface area contributed by atoms with Gasteiger partial charge in [0.05, 0.1) is 0 Å². The molecule has 0 aliphatic carbocycles. The predicted octanol–water partition coefficient (Wildman–Crippen LogP) is 4.21. The number of hydrogen-bond donors (Lipinski definition) is 0. The van der Waals surface area contributed by atoms with Crippen LogP contribution in [0.3, 0.4) is 0 Å². The predicted molar refractivity (Wildman–Crippen MR) is 72.7 cm³/mol. The van der Waals surface area contributed by atoms with Crippen molar-refractivity contribution in [2.75, 3.05) is 6.26 Å². The first-order valence-electron chi connectivity index (χ1n) is 4.52. The second kappa shape index (κ2) is 5.91. The highest BCUT2D eigenvalue weighted by atomic mass is 35.5. The van der Waals surface area contributed by atoms with E-state index in [4.69, 9.17) is 11.6 Å². The van der Waals surface area contributed by atoms with Gasteiger partial charge in [0.15, 0.2) is 8.68 Å². The summed E-state index contributed by atoms with van der Waals surface area (Å²) < 4.78 is 2.01. The van der Waals surface area contributed by atoms with Crippen molar-refractivity contribution in [3.63, 3.8) is 0 Å². The Morgan fingerprint density at radius 2 is 2.12 bits per heavy atom. The SMILES string of the molecule is CSc1nnc(SCc2cccc(Cl)c2)s1. The molecule has 0 bridgehead atoms. The summed E-state index contributed by atoms with van der Waals surface area (Å²) in [5.74, 6) is 0.879. The minimum atomic E-state index is 0.778. The lowest BCUT2D eigenvalue weighted by Crippen LogP contribution is -1.79. The van der Waals surface area contributed by atoms with Crippen LogP contribution in [-0.2, 0) is 5.75 Å². The van der Waals surface area contributed by atoms with Gasteiger partial charge in [-0.25, -0.2) is 0 Å². The Hall–Kier alpha value is -0.230. The van der Waals surface area contributed by atoms with Gasteiger partial charge in [-0.1, -0.05) is 58.6 Å². The molecule has 1 heterocycles. The van der Waals surface area contributed by atoms with Crippen LogP contribution in [0.4, 0.5) is 0 Å². The Balaban J connectivity index is 1.96. The number of nitrogens with zero attached hydrogens (tertiary/aromatic N) is 2. The summed E-state index contributed by atoms with van der Waals surface area (Å²) in [6.45, 7) is 0. The summed E-state index contributed by atoms with van der Waals surface area (Å²) in [4.78, 5) is 0. The molecule has 2 aromatic rings. The quantitative estimate of drug-likeness (QED) is 0.787. The van der Waals surface area contributed by atoms with Crippen LogP contribution >= 0.6 is 46.5 Å². The van der Waals surface area contributed by atoms with E-state index in [1.165, 1.54) is 5.56 Å². The van der Waals surface area contributed by atoms with Crippen LogP contribution in [0.2, 0.25) is 5.02 Å². The largest absolute Gasteiger partial charge is 0.175 e. The maximum atomic E-state index is 5.92. The first-order valence-corrected chi connectivity index (χ1v) is 7.93. The van der Waals surface area contributed by atoms with Crippen molar-refractivity contribution in [2.24, 2.45) is 0 Å². The fourth-order valence-electron chi connectivity index (χ4n) is 1.11. The maximum Gasteiger partial charge on any atom is 0.175 e. The summed E-state index contributed by atoms with van der Waals surface area (Å²) in [6.07, 6.45) is 2.01. The van der Waals surface area contributed by atoms with Crippen LogP contribution in [0.5, 0.6) is 0 Å². The van der Waals surface area contributed by atoms with Gasteiger partial charge in [-0.2, -0.15) is 0 Å². The summed E-state index contributed by atoms with van der Waals surface area (Å²) in [7, 11) is 0. The Morgan fingerprint density at radius 1 is 1.31 bits per heavy atom. The van der Waals surface area contributed by atoms with E-state index in [0.717, 1.165) is 19.5 Å². The third kappa shape index (κ3) is 3.38. The van der Waals surface area contributed by atoms with E-state index in [9.17, 15) is 0 Å². The normalized spacial score (nSPS) is 10.6. The van der Waals surface area contributed by atoms with Crippen LogP contribution in [-0.4, -0.2) is 16.5 Å². The van der Waals surface area contributed by atoms with Gasteiger partial charge in [0.1, 0.15) is 0 Å². The zero-order valence-corrected chi connectivity index (χ0v) is 11.7. The highest BCUT2D eigenvalue weighted by molar-refractivity contribution is 8.02. The number of thioether (sulfide) groups is 2. The lowest BCUT2D eigenvalue weighted by Gasteiger charge is -1.98. The molecule has 16 heavy (non-hydrogen) atoms. The average molecular weight is 289 g/mol. The third-order valence-corrected chi connectivity index (χ3v) is 5.15. The highest BCUT2D eigenvalue weighted by Gasteiger charge is 2.04. The molecule has 84 valence electrons. The molecule has 0 saturated carbocycles. The molecule has 1 aromatic carbocycles. The van der Waals surface area contributed by atoms with Crippen molar-refractivity contribution in [3.8, 4) is 0 Å². The topological polar surface area (TPSA) is 25.8 Å². The lowest BCUT2D eigenvalue weighted by molar-refractivity contribution is 0.955. The monoisotopic (exact) mass is 288 g/mol. The van der Waals surface area contributed by atoms with Gasteiger partial charge < -0.3 is 0 Å². The zero-order chi connectivity index (χ0) is 11.4. The van der Waals surface area contributed by atoms with Gasteiger partial charge in [0.25, 0.3) is 0 Å². The molecule has 0 atom stereocenters. The first-order chi connectivity index (χ1) is 7.78. The Labute approximate surface area is 112 Å². The maximum absolute atomic E-state index is 5.92. The lowest BCUT2D eigenvalue weighted by atomic mass is 10.2. The van der Waals surface area contributed by atoms with Gasteiger partial charge in [0.2, 0.25) is 0 Å². The molecule has 0 N–H and O–H groups in total. The third-order valence-electron chi connectivity index (χ3n) is 1.81. The van der Waals surface area contributed by atoms with Crippen LogP contribution in [0, 0.1) is 0 Å². The molecule has 0 radical (unpaired) electrons. The van der Waals surface area contributed by atoms with E-state index >= 15 is 0 Å². The molecule has 2 rings (SSSR count). The van der Waals surface area contributed by atoms with Gasteiger partial charge >= 0.3 is 0 Å². The number of hydrogen-bond acceptors (Lipinski definition) is 5. The van der Waals surface area contributed by atoms with E-state index in [2.05, 4.69) is 16.3 Å². The van der Waals surface area contributed by atoms with Crippen molar-refractivity contribution in [1.82, 2.24) is 10.2 Å². The van der Waals surface area contributed by atoms with Gasteiger partial charge in [0, 0.05) is 10.8 Å². The van der Waals surface area contributed by atoms with Crippen LogP contribution in [0.1, 0.15) is 5.56 Å². The van der Waals surface area contributed by atoms with Crippen molar-refractivity contribution < 1.29 is 0 Å². The minimum Gasteiger partial charge on any atom is -0.131 e. The first kappa shape index (κ1) is 12.2. The molecule has 1 aromatic heterocycles.